The van der Waals surface area contributed by atoms with Crippen molar-refractivity contribution in [3.63, 3.8) is 0 Å². The molecule has 4 rings (SSSR count). The molecule has 5 heteroatoms. The van der Waals surface area contributed by atoms with E-state index in [1.807, 2.05) is 0 Å². The van der Waals surface area contributed by atoms with Crippen molar-refractivity contribution in [2.75, 3.05) is 0 Å². The lowest BCUT2D eigenvalue weighted by molar-refractivity contribution is -0.402. The van der Waals surface area contributed by atoms with Gasteiger partial charge >= 0.3 is 5.88 Å². The molecule has 1 aromatic heterocycles. The van der Waals surface area contributed by atoms with Crippen LogP contribution in [0.5, 0.6) is 0 Å². The van der Waals surface area contributed by atoms with Crippen molar-refractivity contribution in [3.8, 4) is 0 Å². The molecule has 3 aliphatic carbocycles. The lowest BCUT2D eigenvalue weighted by Crippen LogP contribution is -2.22. The number of nitrogens with one attached hydrogen (secondary N) is 1. The Labute approximate surface area is 105 Å². The van der Waals surface area contributed by atoms with E-state index < -0.39 is 4.92 Å². The number of hydrogen-bond acceptors (Lipinski definition) is 4. The Kier molecular flexibility index (Phi) is 2.09. The Morgan fingerprint density at radius 1 is 1.33 bits per heavy atom. The Morgan fingerprint density at radius 2 is 2.06 bits per heavy atom. The third-order valence-electron chi connectivity index (χ3n) is 5.07. The number of furan rings is 1. The summed E-state index contributed by atoms with van der Waals surface area (Å²) in [5.74, 6) is 4.16. The highest BCUT2D eigenvalue weighted by Crippen LogP contribution is 2.65. The molecule has 4 atom stereocenters. The van der Waals surface area contributed by atoms with Crippen LogP contribution >= 0.6 is 0 Å². The number of hydrogen-bond donors (Lipinski definition) is 1. The quantitative estimate of drug-likeness (QED) is 0.656. The van der Waals surface area contributed by atoms with Gasteiger partial charge in [0, 0.05) is 6.04 Å². The number of rotatable bonds is 4. The van der Waals surface area contributed by atoms with Gasteiger partial charge in [-0.1, -0.05) is 0 Å². The summed E-state index contributed by atoms with van der Waals surface area (Å²) in [4.78, 5) is 10.0. The minimum atomic E-state index is -0.490. The van der Waals surface area contributed by atoms with Crippen molar-refractivity contribution >= 4 is 5.88 Å². The Bertz CT molecular complexity index is 482. The molecule has 0 amide bonds. The van der Waals surface area contributed by atoms with Crippen LogP contribution in [-0.4, -0.2) is 11.0 Å². The molecule has 0 aromatic carbocycles. The highest BCUT2D eigenvalue weighted by Gasteiger charge is 2.64. The van der Waals surface area contributed by atoms with Crippen molar-refractivity contribution in [1.82, 2.24) is 5.32 Å². The van der Waals surface area contributed by atoms with Crippen LogP contribution in [0.15, 0.2) is 16.5 Å². The number of nitrogens with zero attached hydrogens (tertiary/aromatic N) is 1. The molecule has 0 spiro atoms. The molecule has 18 heavy (non-hydrogen) atoms. The SMILES string of the molecule is O=[N+]([O-])c1ccc(CNC2C3C4CCC(C4)C23)o1. The normalized spacial score (nSPS) is 39.9. The molecule has 1 heterocycles. The second-order valence-corrected chi connectivity index (χ2v) is 5.89. The summed E-state index contributed by atoms with van der Waals surface area (Å²) in [5, 5.41) is 14.0. The van der Waals surface area contributed by atoms with Gasteiger partial charge in [-0.2, -0.15) is 0 Å². The lowest BCUT2D eigenvalue weighted by atomic mass is 10.0. The van der Waals surface area contributed by atoms with E-state index in [0.717, 1.165) is 23.7 Å². The molecule has 0 saturated heterocycles. The average Bonchev–Trinajstić information content (AvgIpc) is 2.81. The summed E-state index contributed by atoms with van der Waals surface area (Å²) in [6.07, 6.45) is 4.27. The first-order valence-corrected chi connectivity index (χ1v) is 6.70. The van der Waals surface area contributed by atoms with E-state index in [9.17, 15) is 10.1 Å². The van der Waals surface area contributed by atoms with Crippen LogP contribution in [0.3, 0.4) is 0 Å². The van der Waals surface area contributed by atoms with Gasteiger partial charge < -0.3 is 9.73 Å². The average molecular weight is 248 g/mol. The van der Waals surface area contributed by atoms with Crippen LogP contribution < -0.4 is 5.32 Å². The van der Waals surface area contributed by atoms with E-state index in [-0.39, 0.29) is 5.88 Å². The lowest BCUT2D eigenvalue weighted by Gasteiger charge is -2.08. The van der Waals surface area contributed by atoms with Gasteiger partial charge in [0.05, 0.1) is 12.6 Å². The molecule has 0 aliphatic heterocycles. The summed E-state index contributed by atoms with van der Waals surface area (Å²) in [6, 6.07) is 3.76. The first-order valence-electron chi connectivity index (χ1n) is 6.70. The Morgan fingerprint density at radius 3 is 2.67 bits per heavy atom. The Hall–Kier alpha value is -1.36. The third kappa shape index (κ3) is 1.43. The molecule has 3 aliphatic rings. The van der Waals surface area contributed by atoms with Crippen LogP contribution in [0.1, 0.15) is 25.0 Å². The summed E-state index contributed by atoms with van der Waals surface area (Å²) in [6.45, 7) is 0.616. The van der Waals surface area contributed by atoms with Crippen molar-refractivity contribution in [2.24, 2.45) is 23.7 Å². The Balaban J connectivity index is 1.36. The van der Waals surface area contributed by atoms with Crippen LogP contribution in [-0.2, 0) is 6.54 Å². The van der Waals surface area contributed by atoms with Gasteiger partial charge in [0.1, 0.15) is 10.7 Å². The smallest absolute Gasteiger partial charge is 0.404 e. The number of fused-ring (bicyclic) bond motifs is 5. The fourth-order valence-electron chi connectivity index (χ4n) is 4.38. The molecule has 96 valence electrons. The molecule has 1 aromatic rings. The van der Waals surface area contributed by atoms with Gasteiger partial charge in [0.15, 0.2) is 0 Å². The molecule has 3 saturated carbocycles. The molecule has 2 bridgehead atoms. The molecule has 4 unspecified atom stereocenters. The first-order chi connectivity index (χ1) is 8.74. The zero-order valence-electron chi connectivity index (χ0n) is 10.0. The third-order valence-corrected chi connectivity index (χ3v) is 5.07. The maximum atomic E-state index is 10.5. The second kappa shape index (κ2) is 3.57. The minimum absolute atomic E-state index is 0.164. The van der Waals surface area contributed by atoms with E-state index in [1.165, 1.54) is 25.3 Å². The predicted octanol–water partition coefficient (Wildman–Crippen LogP) is 2.32. The summed E-state index contributed by atoms with van der Waals surface area (Å²) in [7, 11) is 0. The maximum absolute atomic E-state index is 10.5. The molecular formula is C13H16N2O3. The van der Waals surface area contributed by atoms with Gasteiger partial charge in [-0.25, -0.2) is 0 Å². The predicted molar refractivity (Wildman–Crippen MR) is 63.8 cm³/mol. The van der Waals surface area contributed by atoms with E-state index in [0.29, 0.717) is 18.3 Å². The highest BCUT2D eigenvalue weighted by atomic mass is 16.6. The second-order valence-electron chi connectivity index (χ2n) is 5.89. The monoisotopic (exact) mass is 248 g/mol. The molecule has 3 fully saturated rings. The van der Waals surface area contributed by atoms with Crippen molar-refractivity contribution in [3.05, 3.63) is 28.0 Å². The van der Waals surface area contributed by atoms with Crippen LogP contribution in [0.4, 0.5) is 5.88 Å². The zero-order chi connectivity index (χ0) is 12.3. The topological polar surface area (TPSA) is 68.3 Å². The fraction of sp³-hybridized carbons (Fsp3) is 0.692. The molecule has 5 nitrogen and oxygen atoms in total. The van der Waals surface area contributed by atoms with Gasteiger partial charge in [-0.05, 0) is 49.0 Å². The summed E-state index contributed by atoms with van der Waals surface area (Å²) < 4.78 is 5.15. The maximum Gasteiger partial charge on any atom is 0.433 e. The first kappa shape index (κ1) is 10.6. The summed E-state index contributed by atoms with van der Waals surface area (Å²) in [5.41, 5.74) is 0. The van der Waals surface area contributed by atoms with E-state index in [2.05, 4.69) is 5.32 Å². The van der Waals surface area contributed by atoms with Gasteiger partial charge in [0.2, 0.25) is 0 Å². The standard InChI is InChI=1S/C13H16N2O3/c16-15(17)10-4-3-9(18-10)6-14-13-11-7-1-2-8(5-7)12(11)13/h3-4,7-8,11-14H,1-2,5-6H2. The van der Waals surface area contributed by atoms with Gasteiger partial charge in [-0.15, -0.1) is 0 Å². The van der Waals surface area contributed by atoms with Crippen LogP contribution in [0.25, 0.3) is 0 Å². The molecule has 0 radical (unpaired) electrons. The van der Waals surface area contributed by atoms with Crippen molar-refractivity contribution < 1.29 is 9.34 Å². The van der Waals surface area contributed by atoms with Gasteiger partial charge in [0.25, 0.3) is 0 Å². The van der Waals surface area contributed by atoms with Gasteiger partial charge in [-0.3, -0.25) is 10.1 Å². The van der Waals surface area contributed by atoms with Crippen molar-refractivity contribution in [2.45, 2.75) is 31.8 Å². The highest BCUT2D eigenvalue weighted by molar-refractivity contribution is 5.20. The fourth-order valence-corrected chi connectivity index (χ4v) is 4.38. The van der Waals surface area contributed by atoms with E-state index in [4.69, 9.17) is 4.42 Å². The summed E-state index contributed by atoms with van der Waals surface area (Å²) >= 11 is 0. The number of nitro groups is 1. The van der Waals surface area contributed by atoms with Crippen LogP contribution in [0.2, 0.25) is 0 Å². The molecule has 1 N–H and O–H groups in total. The van der Waals surface area contributed by atoms with E-state index in [1.54, 1.807) is 6.07 Å². The zero-order valence-corrected chi connectivity index (χ0v) is 10.0. The van der Waals surface area contributed by atoms with E-state index >= 15 is 0 Å². The molecular weight excluding hydrogens is 232 g/mol. The largest absolute Gasteiger partial charge is 0.433 e. The van der Waals surface area contributed by atoms with Crippen LogP contribution in [0, 0.1) is 33.8 Å². The minimum Gasteiger partial charge on any atom is -0.404 e. The van der Waals surface area contributed by atoms with Crippen molar-refractivity contribution in [1.29, 1.82) is 0 Å².